The first-order valence-electron chi connectivity index (χ1n) is 10.2. The minimum atomic E-state index is -4.10. The SMILES string of the molecule is C=CCOC(=O)N1C[C@@H](CO)N(S(=O)(=O)c2ccc([N+](=O)[O-])cc2)C[C@@H]1Cc1ccccc1. The number of hydrogen-bond acceptors (Lipinski definition) is 7. The first-order valence-corrected chi connectivity index (χ1v) is 11.7. The van der Waals surface area contributed by atoms with Crippen molar-refractivity contribution in [1.29, 1.82) is 0 Å². The van der Waals surface area contributed by atoms with E-state index in [2.05, 4.69) is 6.58 Å². The van der Waals surface area contributed by atoms with Crippen LogP contribution in [-0.4, -0.2) is 72.1 Å². The van der Waals surface area contributed by atoms with E-state index in [9.17, 15) is 28.4 Å². The van der Waals surface area contributed by atoms with Crippen molar-refractivity contribution >= 4 is 21.8 Å². The van der Waals surface area contributed by atoms with E-state index < -0.39 is 39.7 Å². The fourth-order valence-electron chi connectivity index (χ4n) is 3.74. The summed E-state index contributed by atoms with van der Waals surface area (Å²) < 4.78 is 33.1. The van der Waals surface area contributed by atoms with E-state index in [1.54, 1.807) is 0 Å². The summed E-state index contributed by atoms with van der Waals surface area (Å²) >= 11 is 0. The van der Waals surface area contributed by atoms with Crippen molar-refractivity contribution in [2.75, 3.05) is 26.3 Å². The van der Waals surface area contributed by atoms with Crippen LogP contribution in [0.4, 0.5) is 10.5 Å². The van der Waals surface area contributed by atoms with Crippen LogP contribution in [0.2, 0.25) is 0 Å². The molecule has 1 amide bonds. The molecule has 1 heterocycles. The van der Waals surface area contributed by atoms with E-state index in [0.29, 0.717) is 6.42 Å². The molecule has 1 fully saturated rings. The second kappa shape index (κ2) is 10.6. The van der Waals surface area contributed by atoms with E-state index in [1.165, 1.54) is 23.1 Å². The van der Waals surface area contributed by atoms with Crippen molar-refractivity contribution in [2.24, 2.45) is 0 Å². The fourth-order valence-corrected chi connectivity index (χ4v) is 5.38. The number of sulfonamides is 1. The Bertz CT molecular complexity index is 1090. The summed E-state index contributed by atoms with van der Waals surface area (Å²) in [5.41, 5.74) is 0.670. The Kier molecular flexibility index (Phi) is 7.79. The van der Waals surface area contributed by atoms with Crippen LogP contribution in [-0.2, 0) is 21.2 Å². The maximum atomic E-state index is 13.4. The molecule has 2 atom stereocenters. The summed E-state index contributed by atoms with van der Waals surface area (Å²) in [6, 6.07) is 12.4. The van der Waals surface area contributed by atoms with Crippen LogP contribution in [0.1, 0.15) is 5.56 Å². The molecule has 10 nitrogen and oxygen atoms in total. The lowest BCUT2D eigenvalue weighted by Crippen LogP contribution is -2.62. The van der Waals surface area contributed by atoms with Crippen molar-refractivity contribution in [2.45, 2.75) is 23.4 Å². The molecular weight excluding hydrogens is 450 g/mol. The molecule has 176 valence electrons. The predicted octanol–water partition coefficient (Wildman–Crippen LogP) is 2.20. The Morgan fingerprint density at radius 3 is 2.39 bits per heavy atom. The first-order chi connectivity index (χ1) is 15.8. The molecule has 33 heavy (non-hydrogen) atoms. The normalized spacial score (nSPS) is 19.1. The number of non-ortho nitro benzene ring substituents is 1. The molecule has 0 aliphatic carbocycles. The van der Waals surface area contributed by atoms with Gasteiger partial charge < -0.3 is 14.7 Å². The van der Waals surface area contributed by atoms with E-state index >= 15 is 0 Å². The van der Waals surface area contributed by atoms with Crippen LogP contribution in [0.3, 0.4) is 0 Å². The number of ether oxygens (including phenoxy) is 1. The molecule has 0 spiro atoms. The number of aliphatic hydroxyl groups is 1. The summed E-state index contributed by atoms with van der Waals surface area (Å²) in [7, 11) is -4.10. The largest absolute Gasteiger partial charge is 0.445 e. The van der Waals surface area contributed by atoms with Crippen molar-refractivity contribution in [3.8, 4) is 0 Å². The van der Waals surface area contributed by atoms with Gasteiger partial charge in [0.15, 0.2) is 0 Å². The van der Waals surface area contributed by atoms with Gasteiger partial charge in [0, 0.05) is 25.2 Å². The van der Waals surface area contributed by atoms with E-state index in [4.69, 9.17) is 4.74 Å². The van der Waals surface area contributed by atoms with Crippen LogP contribution < -0.4 is 0 Å². The average Bonchev–Trinajstić information content (AvgIpc) is 2.83. The molecule has 0 aromatic heterocycles. The van der Waals surface area contributed by atoms with Crippen LogP contribution in [0.5, 0.6) is 0 Å². The second-order valence-corrected chi connectivity index (χ2v) is 9.41. The van der Waals surface area contributed by atoms with Crippen molar-refractivity contribution < 1.29 is 28.0 Å². The maximum absolute atomic E-state index is 13.4. The van der Waals surface area contributed by atoms with Gasteiger partial charge in [0.2, 0.25) is 10.0 Å². The average molecular weight is 476 g/mol. The molecule has 0 unspecified atom stereocenters. The van der Waals surface area contributed by atoms with Gasteiger partial charge in [0.05, 0.1) is 28.5 Å². The van der Waals surface area contributed by atoms with Crippen molar-refractivity contribution in [3.05, 3.63) is 82.9 Å². The highest BCUT2D eigenvalue weighted by molar-refractivity contribution is 7.89. The smallest absolute Gasteiger partial charge is 0.410 e. The first kappa shape index (κ1) is 24.4. The van der Waals surface area contributed by atoms with E-state index in [0.717, 1.165) is 22.0 Å². The molecule has 1 N–H and O–H groups in total. The molecule has 1 aliphatic heterocycles. The highest BCUT2D eigenvalue weighted by Crippen LogP contribution is 2.27. The van der Waals surface area contributed by atoms with E-state index in [-0.39, 0.29) is 30.3 Å². The lowest BCUT2D eigenvalue weighted by atomic mass is 10.0. The molecular formula is C22H25N3O7S. The van der Waals surface area contributed by atoms with Gasteiger partial charge >= 0.3 is 6.09 Å². The van der Waals surface area contributed by atoms with Gasteiger partial charge in [0.1, 0.15) is 6.61 Å². The summed E-state index contributed by atoms with van der Waals surface area (Å²) in [6.45, 7) is 2.85. The van der Waals surface area contributed by atoms with Gasteiger partial charge in [-0.15, -0.1) is 0 Å². The standard InChI is InChI=1S/C22H25N3O7S/c1-2-12-32-22(27)23-14-20(16-26)24(15-19(23)13-17-6-4-3-5-7-17)33(30,31)21-10-8-18(9-11-21)25(28)29/h2-11,19-20,26H,1,12-16H2/t19-,20-/m0/s1. The minimum Gasteiger partial charge on any atom is -0.445 e. The Hall–Kier alpha value is -3.28. The third-order valence-electron chi connectivity index (χ3n) is 5.38. The monoisotopic (exact) mass is 475 g/mol. The highest BCUT2D eigenvalue weighted by Gasteiger charge is 2.42. The van der Waals surface area contributed by atoms with Gasteiger partial charge in [-0.05, 0) is 24.1 Å². The molecule has 1 aliphatic rings. The van der Waals surface area contributed by atoms with Gasteiger partial charge in [-0.25, -0.2) is 13.2 Å². The van der Waals surface area contributed by atoms with Crippen molar-refractivity contribution in [1.82, 2.24) is 9.21 Å². The number of nitro benzene ring substituents is 1. The number of nitrogens with zero attached hydrogens (tertiary/aromatic N) is 3. The highest BCUT2D eigenvalue weighted by atomic mass is 32.2. The van der Waals surface area contributed by atoms with Crippen LogP contribution in [0.25, 0.3) is 0 Å². The molecule has 11 heteroatoms. The molecule has 2 aromatic rings. The van der Waals surface area contributed by atoms with E-state index in [1.807, 2.05) is 30.3 Å². The Morgan fingerprint density at radius 2 is 1.82 bits per heavy atom. The topological polar surface area (TPSA) is 130 Å². The third-order valence-corrected chi connectivity index (χ3v) is 7.32. The van der Waals surface area contributed by atoms with Crippen LogP contribution >= 0.6 is 0 Å². The van der Waals surface area contributed by atoms with Crippen LogP contribution in [0.15, 0.2) is 72.1 Å². The zero-order valence-electron chi connectivity index (χ0n) is 17.8. The lowest BCUT2D eigenvalue weighted by Gasteiger charge is -2.44. The number of amides is 1. The number of rotatable bonds is 8. The van der Waals surface area contributed by atoms with Gasteiger partial charge in [-0.2, -0.15) is 4.31 Å². The zero-order valence-corrected chi connectivity index (χ0v) is 18.6. The molecule has 1 saturated heterocycles. The van der Waals surface area contributed by atoms with Gasteiger partial charge in [-0.3, -0.25) is 10.1 Å². The summed E-state index contributed by atoms with van der Waals surface area (Å²) in [5.74, 6) is 0. The molecule has 0 saturated carbocycles. The number of aliphatic hydroxyl groups excluding tert-OH is 1. The summed E-state index contributed by atoms with van der Waals surface area (Å²) in [6.07, 6.45) is 1.18. The fraction of sp³-hybridized carbons (Fsp3) is 0.318. The van der Waals surface area contributed by atoms with Gasteiger partial charge in [-0.1, -0.05) is 43.0 Å². The Labute approximate surface area is 191 Å². The number of hydrogen-bond donors (Lipinski definition) is 1. The maximum Gasteiger partial charge on any atom is 0.410 e. The minimum absolute atomic E-state index is 0.00197. The molecule has 2 aromatic carbocycles. The Balaban J connectivity index is 1.93. The molecule has 0 radical (unpaired) electrons. The quantitative estimate of drug-likeness (QED) is 0.352. The lowest BCUT2D eigenvalue weighted by molar-refractivity contribution is -0.384. The van der Waals surface area contributed by atoms with Crippen LogP contribution in [0, 0.1) is 10.1 Å². The summed E-state index contributed by atoms with van der Waals surface area (Å²) in [5, 5.41) is 20.9. The van der Waals surface area contributed by atoms with Crippen molar-refractivity contribution in [3.63, 3.8) is 0 Å². The number of carbonyl (C=O) groups is 1. The number of piperazine rings is 1. The number of nitro groups is 1. The molecule has 0 bridgehead atoms. The van der Waals surface area contributed by atoms with Gasteiger partial charge in [0.25, 0.3) is 5.69 Å². The Morgan fingerprint density at radius 1 is 1.15 bits per heavy atom. The predicted molar refractivity (Wildman–Crippen MR) is 120 cm³/mol. The number of carbonyl (C=O) groups excluding carboxylic acids is 1. The third kappa shape index (κ3) is 5.56. The number of benzene rings is 2. The summed E-state index contributed by atoms with van der Waals surface area (Å²) in [4.78, 5) is 24.3. The molecule has 3 rings (SSSR count). The zero-order chi connectivity index (χ0) is 24.0. The second-order valence-electron chi connectivity index (χ2n) is 7.52.